The first-order valence-corrected chi connectivity index (χ1v) is 7.86. The van der Waals surface area contributed by atoms with E-state index in [0.29, 0.717) is 5.75 Å². The van der Waals surface area contributed by atoms with Gasteiger partial charge in [0.05, 0.1) is 19.1 Å². The summed E-state index contributed by atoms with van der Waals surface area (Å²) in [7, 11) is 2.66. The number of nitro groups is 1. The average molecular weight is 395 g/mol. The standard InChI is InChI=1S/C17H15ClN2O7/c1-25-11-4-5-12(17(22)26-2)15(8-11)27-9-16(21)19-10-3-6-13(18)14(7-10)20(23)24/h3-8H,9H2,1-2H3,(H,19,21). The van der Waals surface area contributed by atoms with Crippen LogP contribution in [0.2, 0.25) is 5.02 Å². The van der Waals surface area contributed by atoms with Crippen LogP contribution in [0.3, 0.4) is 0 Å². The normalized spacial score (nSPS) is 10.0. The third-order valence-electron chi connectivity index (χ3n) is 3.38. The monoisotopic (exact) mass is 394 g/mol. The van der Waals surface area contributed by atoms with Crippen molar-refractivity contribution in [2.45, 2.75) is 0 Å². The van der Waals surface area contributed by atoms with Gasteiger partial charge in [-0.3, -0.25) is 14.9 Å². The number of carbonyl (C=O) groups excluding carboxylic acids is 2. The number of anilines is 1. The Kier molecular flexibility index (Phi) is 6.56. The Bertz CT molecular complexity index is 886. The van der Waals surface area contributed by atoms with Crippen molar-refractivity contribution >= 4 is 34.9 Å². The molecule has 0 heterocycles. The topological polar surface area (TPSA) is 117 Å². The van der Waals surface area contributed by atoms with Gasteiger partial charge in [-0.05, 0) is 24.3 Å². The third-order valence-corrected chi connectivity index (χ3v) is 3.70. The van der Waals surface area contributed by atoms with Crippen LogP contribution in [0.25, 0.3) is 0 Å². The lowest BCUT2D eigenvalue weighted by atomic mass is 10.2. The Morgan fingerprint density at radius 3 is 2.56 bits per heavy atom. The third kappa shape index (κ3) is 5.08. The number of halogens is 1. The zero-order chi connectivity index (χ0) is 20.0. The molecule has 0 aliphatic carbocycles. The summed E-state index contributed by atoms with van der Waals surface area (Å²) in [6.45, 7) is -0.451. The number of amides is 1. The van der Waals surface area contributed by atoms with Crippen LogP contribution in [0.4, 0.5) is 11.4 Å². The maximum absolute atomic E-state index is 12.1. The lowest BCUT2D eigenvalue weighted by Gasteiger charge is -2.12. The van der Waals surface area contributed by atoms with Crippen LogP contribution in [0.5, 0.6) is 11.5 Å². The maximum atomic E-state index is 12.1. The molecule has 9 nitrogen and oxygen atoms in total. The second-order valence-electron chi connectivity index (χ2n) is 5.11. The number of esters is 1. The minimum absolute atomic E-state index is 0.0478. The molecular weight excluding hydrogens is 380 g/mol. The molecule has 2 aromatic rings. The molecule has 0 radical (unpaired) electrons. The molecule has 0 aliphatic heterocycles. The molecule has 0 aliphatic rings. The summed E-state index contributed by atoms with van der Waals surface area (Å²) in [6.07, 6.45) is 0. The van der Waals surface area contributed by atoms with E-state index in [9.17, 15) is 19.7 Å². The summed E-state index contributed by atoms with van der Waals surface area (Å²) in [5.74, 6) is -0.712. The Balaban J connectivity index is 2.10. The number of methoxy groups -OCH3 is 2. The molecule has 0 aromatic heterocycles. The zero-order valence-corrected chi connectivity index (χ0v) is 15.1. The number of hydrogen-bond acceptors (Lipinski definition) is 7. The number of hydrogen-bond donors (Lipinski definition) is 1. The van der Waals surface area contributed by atoms with Crippen LogP contribution < -0.4 is 14.8 Å². The van der Waals surface area contributed by atoms with Crippen LogP contribution in [0.15, 0.2) is 36.4 Å². The summed E-state index contributed by atoms with van der Waals surface area (Å²) in [5, 5.41) is 13.3. The molecule has 0 atom stereocenters. The number of ether oxygens (including phenoxy) is 3. The molecule has 1 amide bonds. The highest BCUT2D eigenvalue weighted by Crippen LogP contribution is 2.28. The van der Waals surface area contributed by atoms with Crippen molar-refractivity contribution in [1.29, 1.82) is 0 Å². The second-order valence-corrected chi connectivity index (χ2v) is 5.52. The van der Waals surface area contributed by atoms with Gasteiger partial charge in [-0.2, -0.15) is 0 Å². The summed E-state index contributed by atoms with van der Waals surface area (Å²) in [5.41, 5.74) is -0.0390. The van der Waals surface area contributed by atoms with Gasteiger partial charge in [0.1, 0.15) is 22.1 Å². The Morgan fingerprint density at radius 2 is 1.93 bits per heavy atom. The smallest absolute Gasteiger partial charge is 0.341 e. The molecule has 0 spiro atoms. The predicted octanol–water partition coefficient (Wildman–Crippen LogP) is 3.06. The van der Waals surface area contributed by atoms with E-state index >= 15 is 0 Å². The van der Waals surface area contributed by atoms with E-state index in [-0.39, 0.29) is 27.7 Å². The molecule has 27 heavy (non-hydrogen) atoms. The van der Waals surface area contributed by atoms with Crippen molar-refractivity contribution in [3.8, 4) is 11.5 Å². The van der Waals surface area contributed by atoms with Gasteiger partial charge in [-0.1, -0.05) is 11.6 Å². The van der Waals surface area contributed by atoms with Crippen LogP contribution in [-0.4, -0.2) is 37.6 Å². The van der Waals surface area contributed by atoms with Crippen molar-refractivity contribution < 1.29 is 28.7 Å². The number of nitrogens with one attached hydrogen (secondary N) is 1. The molecule has 2 aromatic carbocycles. The molecule has 0 saturated carbocycles. The average Bonchev–Trinajstić information content (AvgIpc) is 2.66. The number of nitro benzene ring substituents is 1. The van der Waals surface area contributed by atoms with Crippen molar-refractivity contribution in [2.24, 2.45) is 0 Å². The van der Waals surface area contributed by atoms with Crippen molar-refractivity contribution in [3.63, 3.8) is 0 Å². The lowest BCUT2D eigenvalue weighted by Crippen LogP contribution is -2.21. The summed E-state index contributed by atoms with van der Waals surface area (Å²) in [4.78, 5) is 34.1. The quantitative estimate of drug-likeness (QED) is 0.435. The second kappa shape index (κ2) is 8.86. The lowest BCUT2D eigenvalue weighted by molar-refractivity contribution is -0.384. The fourth-order valence-corrected chi connectivity index (χ4v) is 2.28. The van der Waals surface area contributed by atoms with Gasteiger partial charge in [-0.15, -0.1) is 0 Å². The van der Waals surface area contributed by atoms with E-state index in [2.05, 4.69) is 10.1 Å². The van der Waals surface area contributed by atoms with E-state index < -0.39 is 23.4 Å². The van der Waals surface area contributed by atoms with E-state index in [1.807, 2.05) is 0 Å². The number of benzene rings is 2. The van der Waals surface area contributed by atoms with Crippen molar-refractivity contribution in [3.05, 3.63) is 57.1 Å². The van der Waals surface area contributed by atoms with Crippen molar-refractivity contribution in [1.82, 2.24) is 0 Å². The van der Waals surface area contributed by atoms with Gasteiger partial charge in [0.25, 0.3) is 11.6 Å². The minimum Gasteiger partial charge on any atom is -0.497 e. The molecule has 0 saturated heterocycles. The first-order chi connectivity index (χ1) is 12.8. The highest BCUT2D eigenvalue weighted by atomic mass is 35.5. The summed E-state index contributed by atoms with van der Waals surface area (Å²) < 4.78 is 15.1. The first kappa shape index (κ1) is 20.0. The Hall–Kier alpha value is -3.33. The fourth-order valence-electron chi connectivity index (χ4n) is 2.10. The zero-order valence-electron chi connectivity index (χ0n) is 14.4. The highest BCUT2D eigenvalue weighted by Gasteiger charge is 2.17. The molecule has 10 heteroatoms. The summed E-state index contributed by atoms with van der Waals surface area (Å²) >= 11 is 5.72. The number of carbonyl (C=O) groups is 2. The molecular formula is C17H15ClN2O7. The summed E-state index contributed by atoms with van der Waals surface area (Å²) in [6, 6.07) is 8.27. The van der Waals surface area contributed by atoms with E-state index in [0.717, 1.165) is 6.07 Å². The van der Waals surface area contributed by atoms with E-state index in [1.54, 1.807) is 6.07 Å². The molecule has 1 N–H and O–H groups in total. The minimum atomic E-state index is -0.659. The number of nitrogens with zero attached hydrogens (tertiary/aromatic N) is 1. The molecule has 0 fully saturated rings. The first-order valence-electron chi connectivity index (χ1n) is 7.48. The van der Waals surface area contributed by atoms with Gasteiger partial charge in [0.15, 0.2) is 6.61 Å². The van der Waals surface area contributed by atoms with Gasteiger partial charge in [0.2, 0.25) is 0 Å². The van der Waals surface area contributed by atoms with Crippen LogP contribution in [0.1, 0.15) is 10.4 Å². The van der Waals surface area contributed by atoms with E-state index in [1.165, 1.54) is 38.5 Å². The Labute approximate surface area is 158 Å². The molecule has 2 rings (SSSR count). The van der Waals surface area contributed by atoms with Gasteiger partial charge >= 0.3 is 5.97 Å². The molecule has 0 bridgehead atoms. The van der Waals surface area contributed by atoms with Crippen LogP contribution >= 0.6 is 11.6 Å². The van der Waals surface area contributed by atoms with Crippen LogP contribution in [0, 0.1) is 10.1 Å². The number of rotatable bonds is 7. The van der Waals surface area contributed by atoms with Gasteiger partial charge in [-0.25, -0.2) is 4.79 Å². The Morgan fingerprint density at radius 1 is 1.19 bits per heavy atom. The maximum Gasteiger partial charge on any atom is 0.341 e. The largest absolute Gasteiger partial charge is 0.497 e. The molecule has 0 unspecified atom stereocenters. The fraction of sp³-hybridized carbons (Fsp3) is 0.176. The van der Waals surface area contributed by atoms with E-state index in [4.69, 9.17) is 21.1 Å². The highest BCUT2D eigenvalue weighted by molar-refractivity contribution is 6.32. The molecule has 142 valence electrons. The van der Waals surface area contributed by atoms with Gasteiger partial charge in [0, 0.05) is 17.8 Å². The van der Waals surface area contributed by atoms with Crippen molar-refractivity contribution in [2.75, 3.05) is 26.1 Å². The van der Waals surface area contributed by atoms with Crippen LogP contribution in [-0.2, 0) is 9.53 Å². The predicted molar refractivity (Wildman–Crippen MR) is 96.6 cm³/mol. The SMILES string of the molecule is COC(=O)c1ccc(OC)cc1OCC(=O)Nc1ccc(Cl)c([N+](=O)[O-])c1. The van der Waals surface area contributed by atoms with Gasteiger partial charge < -0.3 is 19.5 Å².